The molecule has 0 bridgehead atoms. The van der Waals surface area contributed by atoms with Gasteiger partial charge in [0.2, 0.25) is 5.95 Å². The number of nitrogens with zero attached hydrogens (tertiary/aromatic N) is 2. The molecule has 0 aliphatic carbocycles. The van der Waals surface area contributed by atoms with E-state index >= 15 is 0 Å². The van der Waals surface area contributed by atoms with Gasteiger partial charge in [-0.3, -0.25) is 0 Å². The lowest BCUT2D eigenvalue weighted by molar-refractivity contribution is 0.571. The van der Waals surface area contributed by atoms with Gasteiger partial charge >= 0.3 is 0 Å². The van der Waals surface area contributed by atoms with Crippen LogP contribution in [0.1, 0.15) is 32.9 Å². The molecule has 0 aliphatic heterocycles. The molecule has 0 saturated carbocycles. The van der Waals surface area contributed by atoms with Gasteiger partial charge in [0, 0.05) is 24.0 Å². The van der Waals surface area contributed by atoms with Gasteiger partial charge < -0.3 is 9.88 Å². The number of imidazole rings is 1. The zero-order chi connectivity index (χ0) is 12.2. The normalized spacial score (nSPS) is 11.8. The third kappa shape index (κ3) is 3.74. The van der Waals surface area contributed by atoms with Gasteiger partial charge in [0.25, 0.3) is 0 Å². The molecule has 0 unspecified atom stereocenters. The predicted octanol–water partition coefficient (Wildman–Crippen LogP) is 3.16. The van der Waals surface area contributed by atoms with Crippen LogP contribution < -0.4 is 5.32 Å². The van der Waals surface area contributed by atoms with Crippen LogP contribution in [0.4, 0.5) is 5.95 Å². The van der Waals surface area contributed by atoms with Crippen LogP contribution in [0.25, 0.3) is 0 Å². The van der Waals surface area contributed by atoms with Crippen molar-refractivity contribution in [2.24, 2.45) is 0 Å². The first kappa shape index (κ1) is 13.4. The van der Waals surface area contributed by atoms with Crippen LogP contribution in [0.5, 0.6) is 0 Å². The Morgan fingerprint density at radius 2 is 2.19 bits per heavy atom. The molecule has 1 aromatic heterocycles. The van der Waals surface area contributed by atoms with Crippen molar-refractivity contribution in [2.75, 3.05) is 18.1 Å². The van der Waals surface area contributed by atoms with Gasteiger partial charge in [-0.25, -0.2) is 4.98 Å². The van der Waals surface area contributed by atoms with Crippen LogP contribution in [0.2, 0.25) is 0 Å². The fourth-order valence-electron chi connectivity index (χ4n) is 1.52. The maximum absolute atomic E-state index is 4.51. The Morgan fingerprint density at radius 1 is 1.50 bits per heavy atom. The summed E-state index contributed by atoms with van der Waals surface area (Å²) in [5.41, 5.74) is 1.08. The Kier molecular flexibility index (Phi) is 4.71. The third-order valence-corrected chi connectivity index (χ3v) is 3.77. The molecule has 3 nitrogen and oxygen atoms in total. The van der Waals surface area contributed by atoms with E-state index in [1.54, 1.807) is 0 Å². The van der Waals surface area contributed by atoms with E-state index < -0.39 is 0 Å². The summed E-state index contributed by atoms with van der Waals surface area (Å²) in [7, 11) is 0. The summed E-state index contributed by atoms with van der Waals surface area (Å²) in [6.45, 7) is 10.7. The summed E-state index contributed by atoms with van der Waals surface area (Å²) in [5.74, 6) is 1.00. The summed E-state index contributed by atoms with van der Waals surface area (Å²) in [4.78, 5) is 4.51. The number of nitrogens with one attached hydrogen (secondary N) is 1. The maximum atomic E-state index is 4.51. The molecule has 0 radical (unpaired) electrons. The number of anilines is 1. The minimum atomic E-state index is 0.246. The molecule has 0 aliphatic rings. The van der Waals surface area contributed by atoms with Crippen molar-refractivity contribution in [3.63, 3.8) is 0 Å². The number of hydrogen-bond donors (Lipinski definition) is 1. The highest BCUT2D eigenvalue weighted by Gasteiger charge is 2.18. The van der Waals surface area contributed by atoms with Gasteiger partial charge in [-0.2, -0.15) is 11.8 Å². The highest BCUT2D eigenvalue weighted by atomic mass is 32.2. The monoisotopic (exact) mass is 241 g/mol. The van der Waals surface area contributed by atoms with Crippen molar-refractivity contribution in [1.82, 2.24) is 9.55 Å². The largest absolute Gasteiger partial charge is 0.356 e. The van der Waals surface area contributed by atoms with E-state index in [2.05, 4.69) is 48.1 Å². The quantitative estimate of drug-likeness (QED) is 0.829. The van der Waals surface area contributed by atoms with Crippen molar-refractivity contribution in [3.8, 4) is 0 Å². The molecule has 1 aromatic rings. The molecule has 1 heterocycles. The molecule has 1 N–H and O–H groups in total. The number of aryl methyl sites for hydroxylation is 1. The highest BCUT2D eigenvalue weighted by Crippen LogP contribution is 2.25. The molecule has 0 saturated heterocycles. The standard InChI is InChI=1S/C12H23N3S/c1-6-7-13-11-14-10(2)8-15(11)9-12(3,4)16-5/h8H,6-7,9H2,1-5H3,(H,13,14). The van der Waals surface area contributed by atoms with E-state index in [9.17, 15) is 0 Å². The van der Waals surface area contributed by atoms with Gasteiger partial charge in [0.05, 0.1) is 5.69 Å². The number of aromatic nitrogens is 2. The summed E-state index contributed by atoms with van der Waals surface area (Å²) >= 11 is 1.89. The van der Waals surface area contributed by atoms with Crippen molar-refractivity contribution in [1.29, 1.82) is 0 Å². The van der Waals surface area contributed by atoms with Crippen LogP contribution >= 0.6 is 11.8 Å². The highest BCUT2D eigenvalue weighted by molar-refractivity contribution is 7.99. The van der Waals surface area contributed by atoms with Crippen LogP contribution in [0.3, 0.4) is 0 Å². The molecule has 1 rings (SSSR count). The lowest BCUT2D eigenvalue weighted by Crippen LogP contribution is -2.23. The Balaban J connectivity index is 2.78. The van der Waals surface area contributed by atoms with E-state index in [1.807, 2.05) is 18.7 Å². The topological polar surface area (TPSA) is 29.9 Å². The Labute approximate surface area is 103 Å². The van der Waals surface area contributed by atoms with E-state index in [4.69, 9.17) is 0 Å². The second-order valence-electron chi connectivity index (χ2n) is 4.72. The van der Waals surface area contributed by atoms with Crippen molar-refractivity contribution >= 4 is 17.7 Å². The molecule has 0 amide bonds. The minimum absolute atomic E-state index is 0.246. The van der Waals surface area contributed by atoms with Crippen molar-refractivity contribution in [2.45, 2.75) is 45.4 Å². The molecule has 4 heteroatoms. The average molecular weight is 241 g/mol. The lowest BCUT2D eigenvalue weighted by atomic mass is 10.2. The second-order valence-corrected chi connectivity index (χ2v) is 6.24. The fourth-order valence-corrected chi connectivity index (χ4v) is 1.79. The second kappa shape index (κ2) is 5.62. The summed E-state index contributed by atoms with van der Waals surface area (Å²) in [6.07, 6.45) is 5.40. The minimum Gasteiger partial charge on any atom is -0.356 e. The summed E-state index contributed by atoms with van der Waals surface area (Å²) < 4.78 is 2.47. The maximum Gasteiger partial charge on any atom is 0.203 e. The van der Waals surface area contributed by atoms with Crippen molar-refractivity contribution < 1.29 is 0 Å². The number of hydrogen-bond acceptors (Lipinski definition) is 3. The lowest BCUT2D eigenvalue weighted by Gasteiger charge is -2.23. The van der Waals surface area contributed by atoms with Crippen LogP contribution in [0, 0.1) is 6.92 Å². The van der Waals surface area contributed by atoms with E-state index in [0.29, 0.717) is 0 Å². The fraction of sp³-hybridized carbons (Fsp3) is 0.750. The third-order valence-electron chi connectivity index (χ3n) is 2.53. The zero-order valence-electron chi connectivity index (χ0n) is 11.0. The summed E-state index contributed by atoms with van der Waals surface area (Å²) in [5, 5.41) is 3.37. The van der Waals surface area contributed by atoms with Gasteiger partial charge in [-0.1, -0.05) is 6.92 Å². The Hall–Kier alpha value is -0.640. The van der Waals surface area contributed by atoms with Gasteiger partial charge in [0.1, 0.15) is 0 Å². The first-order valence-electron chi connectivity index (χ1n) is 5.81. The van der Waals surface area contributed by atoms with Crippen LogP contribution in [-0.2, 0) is 6.54 Å². The molecule has 16 heavy (non-hydrogen) atoms. The SMILES string of the molecule is CCCNc1nc(C)cn1CC(C)(C)SC. The molecular formula is C12H23N3S. The van der Waals surface area contributed by atoms with E-state index in [-0.39, 0.29) is 4.75 Å². The smallest absolute Gasteiger partial charge is 0.203 e. The Bertz CT molecular complexity index is 331. The number of thioether (sulfide) groups is 1. The average Bonchev–Trinajstić information content (AvgIpc) is 2.55. The molecule has 92 valence electrons. The zero-order valence-corrected chi connectivity index (χ0v) is 11.8. The van der Waals surface area contributed by atoms with Crippen molar-refractivity contribution in [3.05, 3.63) is 11.9 Å². The predicted molar refractivity (Wildman–Crippen MR) is 73.3 cm³/mol. The van der Waals surface area contributed by atoms with E-state index in [1.165, 1.54) is 0 Å². The first-order valence-corrected chi connectivity index (χ1v) is 7.04. The van der Waals surface area contributed by atoms with Crippen LogP contribution in [-0.4, -0.2) is 27.1 Å². The molecule has 0 atom stereocenters. The van der Waals surface area contributed by atoms with Gasteiger partial charge in [-0.05, 0) is 33.4 Å². The molecule has 0 fully saturated rings. The van der Waals surface area contributed by atoms with Gasteiger partial charge in [-0.15, -0.1) is 0 Å². The Morgan fingerprint density at radius 3 is 2.75 bits per heavy atom. The van der Waals surface area contributed by atoms with Crippen LogP contribution in [0.15, 0.2) is 6.20 Å². The molecule has 0 aromatic carbocycles. The first-order chi connectivity index (χ1) is 7.48. The number of rotatable bonds is 6. The van der Waals surface area contributed by atoms with Gasteiger partial charge in [0.15, 0.2) is 0 Å². The molecule has 0 spiro atoms. The summed E-state index contributed by atoms with van der Waals surface area (Å²) in [6, 6.07) is 0. The van der Waals surface area contributed by atoms with E-state index in [0.717, 1.165) is 31.2 Å². The molecular weight excluding hydrogens is 218 g/mol.